The van der Waals surface area contributed by atoms with Crippen LogP contribution >= 0.6 is 0 Å². The predicted octanol–water partition coefficient (Wildman–Crippen LogP) is 4.92. The van der Waals surface area contributed by atoms with E-state index in [-0.39, 0.29) is 25.1 Å². The number of carbonyl (C=O) groups excluding carboxylic acids is 1. The minimum atomic E-state index is -1.11. The van der Waals surface area contributed by atoms with E-state index in [1.807, 2.05) is 26.0 Å². The van der Waals surface area contributed by atoms with Gasteiger partial charge in [-0.25, -0.2) is 4.39 Å². The molecule has 3 rings (SSSR count). The van der Waals surface area contributed by atoms with E-state index in [4.69, 9.17) is 9.47 Å². The molecule has 3 aromatic carbocycles. The van der Waals surface area contributed by atoms with Crippen LogP contribution in [-0.2, 0) is 17.9 Å². The topological polar surface area (TPSA) is 76.1 Å². The molecule has 6 nitrogen and oxygen atoms in total. The quantitative estimate of drug-likeness (QED) is 0.474. The molecule has 1 amide bonds. The van der Waals surface area contributed by atoms with Gasteiger partial charge >= 0.3 is 5.97 Å². The second kappa shape index (κ2) is 11.1. The van der Waals surface area contributed by atoms with Crippen LogP contribution in [-0.4, -0.2) is 34.5 Å². The minimum Gasteiger partial charge on any atom is -0.491 e. The molecule has 7 heteroatoms. The van der Waals surface area contributed by atoms with Crippen molar-refractivity contribution in [3.05, 3.63) is 95.3 Å². The lowest BCUT2D eigenvalue weighted by Crippen LogP contribution is -2.35. The number of ether oxygens (including phenoxy) is 2. The molecule has 0 aliphatic rings. The van der Waals surface area contributed by atoms with Crippen LogP contribution in [0.2, 0.25) is 0 Å². The summed E-state index contributed by atoms with van der Waals surface area (Å²) in [5.74, 6) is -0.757. The molecule has 0 radical (unpaired) electrons. The third-order valence-electron chi connectivity index (χ3n) is 4.71. The summed E-state index contributed by atoms with van der Waals surface area (Å²) >= 11 is 0. The van der Waals surface area contributed by atoms with E-state index in [9.17, 15) is 19.1 Å². The number of aliphatic carboxylic acids is 1. The van der Waals surface area contributed by atoms with Gasteiger partial charge in [-0.3, -0.25) is 9.59 Å². The summed E-state index contributed by atoms with van der Waals surface area (Å²) < 4.78 is 25.0. The molecule has 1 N–H and O–H groups in total. The van der Waals surface area contributed by atoms with Crippen molar-refractivity contribution in [3.63, 3.8) is 0 Å². The zero-order valence-electron chi connectivity index (χ0n) is 18.5. The van der Waals surface area contributed by atoms with Crippen molar-refractivity contribution < 1.29 is 28.6 Å². The van der Waals surface area contributed by atoms with E-state index in [0.29, 0.717) is 22.6 Å². The molecule has 0 bridgehead atoms. The number of carboxylic acids is 1. The summed E-state index contributed by atoms with van der Waals surface area (Å²) in [6, 6.07) is 19.9. The smallest absolute Gasteiger partial charge is 0.323 e. The van der Waals surface area contributed by atoms with Crippen LogP contribution in [0.1, 0.15) is 35.3 Å². The SMILES string of the molecule is CC(C)Oc1cccc(CN(CC(=O)O)C(=O)c2ccc(OCc3ccccc3F)cc2)c1. The van der Waals surface area contributed by atoms with Crippen molar-refractivity contribution in [1.29, 1.82) is 0 Å². The maximum Gasteiger partial charge on any atom is 0.323 e. The second-order valence-electron chi connectivity index (χ2n) is 7.77. The van der Waals surface area contributed by atoms with Gasteiger partial charge in [0.1, 0.15) is 30.5 Å². The summed E-state index contributed by atoms with van der Waals surface area (Å²) in [6.07, 6.45) is -0.00359. The van der Waals surface area contributed by atoms with E-state index < -0.39 is 18.4 Å². The first-order chi connectivity index (χ1) is 15.8. The van der Waals surface area contributed by atoms with Gasteiger partial charge in [0, 0.05) is 17.7 Å². The average molecular weight is 451 g/mol. The van der Waals surface area contributed by atoms with Gasteiger partial charge in [0.05, 0.1) is 6.10 Å². The third-order valence-corrected chi connectivity index (χ3v) is 4.71. The fraction of sp³-hybridized carbons (Fsp3) is 0.231. The first-order valence-electron chi connectivity index (χ1n) is 10.5. The number of amides is 1. The Balaban J connectivity index is 1.70. The number of hydrogen-bond acceptors (Lipinski definition) is 4. The number of rotatable bonds is 10. The van der Waals surface area contributed by atoms with Gasteiger partial charge in [-0.2, -0.15) is 0 Å². The van der Waals surface area contributed by atoms with Crippen molar-refractivity contribution in [2.24, 2.45) is 0 Å². The molecule has 0 heterocycles. The molecule has 3 aromatic rings. The number of carbonyl (C=O) groups is 2. The average Bonchev–Trinajstić information content (AvgIpc) is 2.77. The van der Waals surface area contributed by atoms with Crippen molar-refractivity contribution in [1.82, 2.24) is 4.90 Å². The van der Waals surface area contributed by atoms with Crippen LogP contribution in [0, 0.1) is 5.82 Å². The highest BCUT2D eigenvalue weighted by molar-refractivity contribution is 5.95. The Labute approximate surface area is 192 Å². The van der Waals surface area contributed by atoms with Crippen LogP contribution in [0.3, 0.4) is 0 Å². The molecular formula is C26H26FNO5. The summed E-state index contributed by atoms with van der Waals surface area (Å²) in [7, 11) is 0. The monoisotopic (exact) mass is 451 g/mol. The molecule has 0 atom stereocenters. The first-order valence-corrected chi connectivity index (χ1v) is 10.5. The van der Waals surface area contributed by atoms with Gasteiger partial charge in [0.15, 0.2) is 0 Å². The summed E-state index contributed by atoms with van der Waals surface area (Å²) in [5, 5.41) is 9.31. The summed E-state index contributed by atoms with van der Waals surface area (Å²) in [5.41, 5.74) is 1.51. The van der Waals surface area contributed by atoms with E-state index in [0.717, 1.165) is 5.56 Å². The van der Waals surface area contributed by atoms with Crippen LogP contribution in [0.4, 0.5) is 4.39 Å². The number of benzene rings is 3. The lowest BCUT2D eigenvalue weighted by atomic mass is 10.1. The van der Waals surface area contributed by atoms with Crippen LogP contribution in [0.5, 0.6) is 11.5 Å². The molecule has 0 saturated heterocycles. The van der Waals surface area contributed by atoms with Crippen LogP contribution < -0.4 is 9.47 Å². The Bertz CT molecular complexity index is 1100. The van der Waals surface area contributed by atoms with Gasteiger partial charge in [0.25, 0.3) is 5.91 Å². The minimum absolute atomic E-state index is 0.00359. The second-order valence-corrected chi connectivity index (χ2v) is 7.77. The highest BCUT2D eigenvalue weighted by atomic mass is 19.1. The molecule has 0 spiro atoms. The third kappa shape index (κ3) is 7.07. The number of halogens is 1. The lowest BCUT2D eigenvalue weighted by molar-refractivity contribution is -0.137. The predicted molar refractivity (Wildman–Crippen MR) is 122 cm³/mol. The maximum atomic E-state index is 13.7. The molecule has 0 aliphatic carbocycles. The van der Waals surface area contributed by atoms with E-state index in [2.05, 4.69) is 0 Å². The zero-order valence-corrected chi connectivity index (χ0v) is 18.5. The molecular weight excluding hydrogens is 425 g/mol. The molecule has 0 unspecified atom stereocenters. The molecule has 172 valence electrons. The van der Waals surface area contributed by atoms with Crippen LogP contribution in [0.15, 0.2) is 72.8 Å². The number of hydrogen-bond donors (Lipinski definition) is 1. The zero-order chi connectivity index (χ0) is 23.8. The van der Waals surface area contributed by atoms with Gasteiger partial charge < -0.3 is 19.5 Å². The van der Waals surface area contributed by atoms with E-state index >= 15 is 0 Å². The van der Waals surface area contributed by atoms with Crippen molar-refractivity contribution in [3.8, 4) is 11.5 Å². The van der Waals surface area contributed by atoms with E-state index in [1.165, 1.54) is 11.0 Å². The van der Waals surface area contributed by atoms with Crippen LogP contribution in [0.25, 0.3) is 0 Å². The lowest BCUT2D eigenvalue weighted by Gasteiger charge is -2.21. The van der Waals surface area contributed by atoms with Gasteiger partial charge in [-0.05, 0) is 61.9 Å². The molecule has 0 aliphatic heterocycles. The van der Waals surface area contributed by atoms with Gasteiger partial charge in [-0.1, -0.05) is 30.3 Å². The highest BCUT2D eigenvalue weighted by Crippen LogP contribution is 2.20. The normalized spacial score (nSPS) is 10.7. The Morgan fingerprint density at radius 2 is 1.70 bits per heavy atom. The highest BCUT2D eigenvalue weighted by Gasteiger charge is 2.19. The standard InChI is InChI=1S/C26H26FNO5/c1-18(2)33-23-8-5-6-19(14-23)15-28(16-25(29)30)26(31)20-10-12-22(13-11-20)32-17-21-7-3-4-9-24(21)27/h3-14,18H,15-17H2,1-2H3,(H,29,30). The van der Waals surface area contributed by atoms with Gasteiger partial charge in [-0.15, -0.1) is 0 Å². The number of carboxylic acid groups (broad SMARTS) is 1. The molecule has 0 aromatic heterocycles. The van der Waals surface area contributed by atoms with Crippen molar-refractivity contribution in [2.75, 3.05) is 6.54 Å². The van der Waals surface area contributed by atoms with E-state index in [1.54, 1.807) is 54.6 Å². The van der Waals surface area contributed by atoms with Crippen molar-refractivity contribution >= 4 is 11.9 Å². The molecule has 0 saturated carbocycles. The fourth-order valence-electron chi connectivity index (χ4n) is 3.23. The van der Waals surface area contributed by atoms with Gasteiger partial charge in [0.2, 0.25) is 0 Å². The Morgan fingerprint density at radius 1 is 0.970 bits per heavy atom. The fourth-order valence-corrected chi connectivity index (χ4v) is 3.23. The Hall–Kier alpha value is -3.87. The first kappa shape index (κ1) is 23.8. The molecule has 0 fully saturated rings. The Kier molecular flexibility index (Phi) is 8.02. The largest absolute Gasteiger partial charge is 0.491 e. The Morgan fingerprint density at radius 3 is 2.36 bits per heavy atom. The summed E-state index contributed by atoms with van der Waals surface area (Å²) in [4.78, 5) is 25.7. The molecule has 33 heavy (non-hydrogen) atoms. The maximum absolute atomic E-state index is 13.7. The van der Waals surface area contributed by atoms with Crippen molar-refractivity contribution in [2.45, 2.75) is 33.1 Å². The number of nitrogens with zero attached hydrogens (tertiary/aromatic N) is 1. The summed E-state index contributed by atoms with van der Waals surface area (Å²) in [6.45, 7) is 3.55.